The van der Waals surface area contributed by atoms with Crippen molar-refractivity contribution in [3.05, 3.63) is 29.6 Å². The molecule has 0 atom stereocenters. The van der Waals surface area contributed by atoms with E-state index >= 15 is 0 Å². The fraction of sp³-hybridized carbons (Fsp3) is 0.815. The van der Waals surface area contributed by atoms with Crippen molar-refractivity contribution >= 4 is 17.0 Å². The van der Waals surface area contributed by atoms with Gasteiger partial charge in [-0.25, -0.2) is 0 Å². The van der Waals surface area contributed by atoms with Gasteiger partial charge in [0.25, 0.3) is 0 Å². The normalized spacial score (nSPS) is 22.3. The van der Waals surface area contributed by atoms with Crippen molar-refractivity contribution in [2.75, 3.05) is 105 Å². The average Bonchev–Trinajstić information content (AvgIpc) is 2.89. The molecule has 1 aromatic heterocycles. The van der Waals surface area contributed by atoms with Gasteiger partial charge in [0.05, 0.1) is 5.69 Å². The zero-order valence-electron chi connectivity index (χ0n) is 23.0. The fourth-order valence-corrected chi connectivity index (χ4v) is 4.78. The molecule has 0 spiro atoms. The van der Waals surface area contributed by atoms with Gasteiger partial charge in [-0.2, -0.15) is 0 Å². The summed E-state index contributed by atoms with van der Waals surface area (Å²) in [5.41, 5.74) is 2.50. The van der Waals surface area contributed by atoms with Crippen LogP contribution in [0.25, 0.3) is 0 Å². The van der Waals surface area contributed by atoms with Gasteiger partial charge >= 0.3 is 0 Å². The number of nitrogens with one attached hydrogen (secondary N) is 6. The van der Waals surface area contributed by atoms with Crippen LogP contribution in [0.1, 0.15) is 36.9 Å². The molecule has 0 radical (unpaired) electrons. The van der Waals surface area contributed by atoms with E-state index in [4.69, 9.17) is 4.98 Å². The molecule has 3 rings (SSSR count). The summed E-state index contributed by atoms with van der Waals surface area (Å²) in [4.78, 5) is 10.00. The summed E-state index contributed by atoms with van der Waals surface area (Å²) in [7, 11) is 0. The highest BCUT2D eigenvalue weighted by atomic mass is 79.9. The second-order valence-corrected chi connectivity index (χ2v) is 10.1. The summed E-state index contributed by atoms with van der Waals surface area (Å²) in [5.74, 6) is 0. The first-order valence-corrected chi connectivity index (χ1v) is 14.5. The Hall–Kier alpha value is -0.690. The first-order chi connectivity index (χ1) is 17.9. The van der Waals surface area contributed by atoms with Crippen LogP contribution in [0.5, 0.6) is 0 Å². The van der Waals surface area contributed by atoms with E-state index in [1.54, 1.807) is 0 Å². The Morgan fingerprint density at radius 1 is 0.514 bits per heavy atom. The molecule has 6 N–H and O–H groups in total. The predicted octanol–water partition coefficient (Wildman–Crippen LogP) is 0.389. The largest absolute Gasteiger partial charge is 0.315 e. The zero-order valence-corrected chi connectivity index (χ0v) is 24.8. The predicted molar refractivity (Wildman–Crippen MR) is 161 cm³/mol. The molecule has 2 saturated heterocycles. The van der Waals surface area contributed by atoms with Gasteiger partial charge in [0.1, 0.15) is 0 Å². The van der Waals surface area contributed by atoms with Crippen LogP contribution in [-0.4, -0.2) is 119 Å². The van der Waals surface area contributed by atoms with Crippen molar-refractivity contribution < 1.29 is 0 Å². The Morgan fingerprint density at radius 3 is 1.46 bits per heavy atom. The van der Waals surface area contributed by atoms with E-state index in [2.05, 4.69) is 60.0 Å². The highest BCUT2D eigenvalue weighted by Crippen LogP contribution is 2.08. The van der Waals surface area contributed by atoms with Gasteiger partial charge in [0, 0.05) is 71.6 Å². The molecular formula is C27H54BrN9. The van der Waals surface area contributed by atoms with Gasteiger partial charge in [-0.15, -0.1) is 17.0 Å². The molecular weight excluding hydrogens is 530 g/mol. The number of halogens is 1. The lowest BCUT2D eigenvalue weighted by Crippen LogP contribution is -2.37. The second-order valence-electron chi connectivity index (χ2n) is 10.1. The van der Waals surface area contributed by atoms with Crippen LogP contribution >= 0.6 is 17.0 Å². The van der Waals surface area contributed by atoms with E-state index in [9.17, 15) is 0 Å². The van der Waals surface area contributed by atoms with Crippen LogP contribution < -0.4 is 31.9 Å². The Morgan fingerprint density at radius 2 is 0.973 bits per heavy atom. The minimum atomic E-state index is 0. The number of hydrogen-bond donors (Lipinski definition) is 6. The van der Waals surface area contributed by atoms with Crippen LogP contribution in [0.4, 0.5) is 0 Å². The minimum Gasteiger partial charge on any atom is -0.315 e. The van der Waals surface area contributed by atoms with E-state index in [-0.39, 0.29) is 17.0 Å². The Bertz CT molecular complexity index is 566. The third-order valence-electron chi connectivity index (χ3n) is 6.91. The van der Waals surface area contributed by atoms with Crippen LogP contribution in [0, 0.1) is 0 Å². The Kier molecular flexibility index (Phi) is 19.5. The highest BCUT2D eigenvalue weighted by molar-refractivity contribution is 8.93. The van der Waals surface area contributed by atoms with Crippen molar-refractivity contribution in [3.8, 4) is 0 Å². The molecule has 1 aromatic rings. The summed E-state index contributed by atoms with van der Waals surface area (Å²) in [6.45, 7) is 19.1. The maximum atomic E-state index is 4.87. The number of rotatable bonds is 4. The van der Waals surface area contributed by atoms with E-state index in [0.717, 1.165) is 118 Å². The molecule has 2 fully saturated rings. The van der Waals surface area contributed by atoms with Crippen LogP contribution in [0.3, 0.4) is 0 Å². The summed E-state index contributed by atoms with van der Waals surface area (Å²) >= 11 is 0. The highest BCUT2D eigenvalue weighted by Gasteiger charge is 2.10. The number of nitrogens with zero attached hydrogens (tertiary/aromatic N) is 3. The summed E-state index contributed by atoms with van der Waals surface area (Å²) < 4.78 is 0. The summed E-state index contributed by atoms with van der Waals surface area (Å²) in [6, 6.07) is 4.54. The smallest absolute Gasteiger partial charge is 0.0544 e. The zero-order chi connectivity index (χ0) is 24.9. The van der Waals surface area contributed by atoms with Gasteiger partial charge in [-0.1, -0.05) is 6.07 Å². The quantitative estimate of drug-likeness (QED) is 0.301. The fourth-order valence-electron chi connectivity index (χ4n) is 4.78. The topological polar surface area (TPSA) is 91.5 Å². The van der Waals surface area contributed by atoms with Gasteiger partial charge < -0.3 is 31.9 Å². The van der Waals surface area contributed by atoms with Crippen LogP contribution in [0.2, 0.25) is 0 Å². The van der Waals surface area contributed by atoms with Crippen LogP contribution in [0.15, 0.2) is 18.3 Å². The van der Waals surface area contributed by atoms with Crippen molar-refractivity contribution in [3.63, 3.8) is 0 Å². The molecule has 0 aliphatic carbocycles. The standard InChI is InChI=1S/C27H53N9.BrH/c1-7-28-13-15-30-11-3-19-35(21-17-32-9-1)24-26-5-6-27(34-23-26)25-36-20-4-12-31-16-14-29-8-2-10-33-18-22-36;/h5-6,23,28-33H,1-4,7-22,24-25H2;1H. The third kappa shape index (κ3) is 16.1. The lowest BCUT2D eigenvalue weighted by atomic mass is 10.2. The molecule has 0 unspecified atom stereocenters. The van der Waals surface area contributed by atoms with E-state index in [1.807, 2.05) is 0 Å². The van der Waals surface area contributed by atoms with E-state index < -0.39 is 0 Å². The molecule has 0 saturated carbocycles. The second kappa shape index (κ2) is 22.2. The van der Waals surface area contributed by atoms with E-state index in [0.29, 0.717) is 0 Å². The summed E-state index contributed by atoms with van der Waals surface area (Å²) in [5, 5.41) is 21.3. The minimum absolute atomic E-state index is 0. The molecule has 2 aliphatic rings. The SMILES string of the molecule is Br.c1cc(CN2CCCNCCNCCCNCC2)ncc1CN1CCCNCCNCCCNCC1. The lowest BCUT2D eigenvalue weighted by Gasteiger charge is -2.24. The molecule has 2 aliphatic heterocycles. The number of hydrogen-bond acceptors (Lipinski definition) is 9. The number of pyridine rings is 1. The molecule has 9 nitrogen and oxygen atoms in total. The lowest BCUT2D eigenvalue weighted by molar-refractivity contribution is 0.255. The van der Waals surface area contributed by atoms with Gasteiger partial charge in [-0.3, -0.25) is 14.8 Å². The Labute approximate surface area is 236 Å². The molecule has 214 valence electrons. The molecule has 10 heteroatoms. The molecule has 0 bridgehead atoms. The maximum Gasteiger partial charge on any atom is 0.0544 e. The van der Waals surface area contributed by atoms with Gasteiger partial charge in [-0.05, 0) is 89.7 Å². The third-order valence-corrected chi connectivity index (χ3v) is 6.91. The van der Waals surface area contributed by atoms with Crippen molar-refractivity contribution in [1.29, 1.82) is 0 Å². The first-order valence-electron chi connectivity index (χ1n) is 14.5. The number of aromatic nitrogens is 1. The average molecular weight is 585 g/mol. The van der Waals surface area contributed by atoms with E-state index in [1.165, 1.54) is 36.9 Å². The molecule has 37 heavy (non-hydrogen) atoms. The maximum absolute atomic E-state index is 4.87. The molecule has 3 heterocycles. The van der Waals surface area contributed by atoms with Gasteiger partial charge in [0.15, 0.2) is 0 Å². The Balaban J connectivity index is 0.00000481. The molecule has 0 amide bonds. The van der Waals surface area contributed by atoms with Crippen LogP contribution in [-0.2, 0) is 13.1 Å². The van der Waals surface area contributed by atoms with Gasteiger partial charge in [0.2, 0.25) is 0 Å². The monoisotopic (exact) mass is 583 g/mol. The first kappa shape index (κ1) is 32.5. The van der Waals surface area contributed by atoms with Crippen molar-refractivity contribution in [2.45, 2.75) is 38.8 Å². The van der Waals surface area contributed by atoms with Crippen molar-refractivity contribution in [2.24, 2.45) is 0 Å². The summed E-state index contributed by atoms with van der Waals surface area (Å²) in [6.07, 6.45) is 6.83. The molecule has 0 aromatic carbocycles. The van der Waals surface area contributed by atoms with Crippen molar-refractivity contribution in [1.82, 2.24) is 46.7 Å².